The molecule has 0 spiro atoms. The van der Waals surface area contributed by atoms with Crippen LogP contribution < -0.4 is 14.8 Å². The Morgan fingerprint density at radius 1 is 1.16 bits per heavy atom. The zero-order valence-electron chi connectivity index (χ0n) is 11.7. The SMILES string of the molecule is CC(NCC1CCCC1)c1ccc2c(c1)OCCO2. The van der Waals surface area contributed by atoms with E-state index >= 15 is 0 Å². The van der Waals surface area contributed by atoms with Gasteiger partial charge >= 0.3 is 0 Å². The van der Waals surface area contributed by atoms with Crippen molar-refractivity contribution < 1.29 is 9.47 Å². The second-order valence-corrected chi connectivity index (χ2v) is 5.68. The largest absolute Gasteiger partial charge is 0.486 e. The highest BCUT2D eigenvalue weighted by atomic mass is 16.6. The lowest BCUT2D eigenvalue weighted by Gasteiger charge is -2.22. The van der Waals surface area contributed by atoms with Gasteiger partial charge in [0.25, 0.3) is 0 Å². The summed E-state index contributed by atoms with van der Waals surface area (Å²) in [5.41, 5.74) is 1.28. The Bertz CT molecular complexity index is 427. The first-order valence-electron chi connectivity index (χ1n) is 7.46. The summed E-state index contributed by atoms with van der Waals surface area (Å²) in [6, 6.07) is 6.65. The van der Waals surface area contributed by atoms with E-state index in [1.807, 2.05) is 6.07 Å². The monoisotopic (exact) mass is 261 g/mol. The molecular weight excluding hydrogens is 238 g/mol. The van der Waals surface area contributed by atoms with Gasteiger partial charge in [0.05, 0.1) is 0 Å². The minimum absolute atomic E-state index is 0.372. The standard InChI is InChI=1S/C16H23NO2/c1-12(17-11-13-4-2-3-5-13)14-6-7-15-16(10-14)19-9-8-18-15/h6-7,10,12-13,17H,2-5,8-9,11H2,1H3. The van der Waals surface area contributed by atoms with Crippen molar-refractivity contribution in [2.45, 2.75) is 38.6 Å². The molecule has 3 nitrogen and oxygen atoms in total. The lowest BCUT2D eigenvalue weighted by Crippen LogP contribution is -2.24. The second kappa shape index (κ2) is 5.83. The van der Waals surface area contributed by atoms with Crippen molar-refractivity contribution in [3.63, 3.8) is 0 Å². The third-order valence-corrected chi connectivity index (χ3v) is 4.25. The fourth-order valence-electron chi connectivity index (χ4n) is 3.01. The molecule has 3 heteroatoms. The molecule has 1 fully saturated rings. The molecule has 1 N–H and O–H groups in total. The maximum Gasteiger partial charge on any atom is 0.161 e. The summed E-state index contributed by atoms with van der Waals surface area (Å²) >= 11 is 0. The van der Waals surface area contributed by atoms with Gasteiger partial charge in [0.1, 0.15) is 13.2 Å². The molecule has 1 aromatic carbocycles. The van der Waals surface area contributed by atoms with E-state index in [1.54, 1.807) is 0 Å². The fourth-order valence-corrected chi connectivity index (χ4v) is 3.01. The van der Waals surface area contributed by atoms with Crippen molar-refractivity contribution in [1.29, 1.82) is 0 Å². The summed E-state index contributed by atoms with van der Waals surface area (Å²) in [4.78, 5) is 0. The molecular formula is C16H23NO2. The quantitative estimate of drug-likeness (QED) is 0.902. The van der Waals surface area contributed by atoms with E-state index in [0.29, 0.717) is 19.3 Å². The first-order valence-corrected chi connectivity index (χ1v) is 7.46. The molecule has 0 radical (unpaired) electrons. The maximum absolute atomic E-state index is 5.64. The van der Waals surface area contributed by atoms with Gasteiger partial charge in [-0.3, -0.25) is 0 Å². The Labute approximate surface area is 115 Å². The zero-order chi connectivity index (χ0) is 13.1. The Morgan fingerprint density at radius 3 is 2.68 bits per heavy atom. The van der Waals surface area contributed by atoms with Gasteiger partial charge in [0.2, 0.25) is 0 Å². The van der Waals surface area contributed by atoms with Crippen LogP contribution in [0.2, 0.25) is 0 Å². The van der Waals surface area contributed by atoms with Crippen molar-refractivity contribution in [2.75, 3.05) is 19.8 Å². The lowest BCUT2D eigenvalue weighted by molar-refractivity contribution is 0.171. The molecule has 1 aliphatic carbocycles. The van der Waals surface area contributed by atoms with Crippen molar-refractivity contribution in [2.24, 2.45) is 5.92 Å². The Kier molecular flexibility index (Phi) is 3.92. The number of fused-ring (bicyclic) bond motifs is 1. The number of benzene rings is 1. The van der Waals surface area contributed by atoms with Crippen molar-refractivity contribution in [3.8, 4) is 11.5 Å². The van der Waals surface area contributed by atoms with E-state index < -0.39 is 0 Å². The Hall–Kier alpha value is -1.22. The molecule has 1 saturated carbocycles. The van der Waals surface area contributed by atoms with Crippen molar-refractivity contribution in [1.82, 2.24) is 5.32 Å². The van der Waals surface area contributed by atoms with E-state index in [4.69, 9.17) is 9.47 Å². The minimum Gasteiger partial charge on any atom is -0.486 e. The summed E-state index contributed by atoms with van der Waals surface area (Å²) < 4.78 is 11.2. The number of nitrogens with one attached hydrogen (secondary N) is 1. The van der Waals surface area contributed by atoms with Crippen molar-refractivity contribution >= 4 is 0 Å². The van der Waals surface area contributed by atoms with Crippen LogP contribution in [0.15, 0.2) is 18.2 Å². The molecule has 1 atom stereocenters. The van der Waals surface area contributed by atoms with Crippen LogP contribution in [0.5, 0.6) is 11.5 Å². The number of hydrogen-bond acceptors (Lipinski definition) is 3. The molecule has 2 aliphatic rings. The average Bonchev–Trinajstić information content (AvgIpc) is 2.97. The molecule has 0 amide bonds. The van der Waals surface area contributed by atoms with Crippen LogP contribution in [0.3, 0.4) is 0 Å². The minimum atomic E-state index is 0.372. The van der Waals surface area contributed by atoms with Crippen LogP contribution in [0, 0.1) is 5.92 Å². The van der Waals surface area contributed by atoms with Gasteiger partial charge in [-0.2, -0.15) is 0 Å². The lowest BCUT2D eigenvalue weighted by atomic mass is 10.0. The van der Waals surface area contributed by atoms with E-state index in [1.165, 1.54) is 31.2 Å². The summed E-state index contributed by atoms with van der Waals surface area (Å²) in [5, 5.41) is 3.65. The smallest absolute Gasteiger partial charge is 0.161 e. The summed E-state index contributed by atoms with van der Waals surface area (Å²) in [7, 11) is 0. The van der Waals surface area contributed by atoms with Gasteiger partial charge < -0.3 is 14.8 Å². The highest BCUT2D eigenvalue weighted by Gasteiger charge is 2.17. The third-order valence-electron chi connectivity index (χ3n) is 4.25. The summed E-state index contributed by atoms with van der Waals surface area (Å²) in [6.07, 6.45) is 5.59. The van der Waals surface area contributed by atoms with Gasteiger partial charge in [-0.1, -0.05) is 18.9 Å². The number of rotatable bonds is 4. The second-order valence-electron chi connectivity index (χ2n) is 5.68. The van der Waals surface area contributed by atoms with Gasteiger partial charge in [-0.15, -0.1) is 0 Å². The van der Waals surface area contributed by atoms with E-state index in [9.17, 15) is 0 Å². The molecule has 1 unspecified atom stereocenters. The topological polar surface area (TPSA) is 30.5 Å². The summed E-state index contributed by atoms with van der Waals surface area (Å²) in [5.74, 6) is 2.64. The van der Waals surface area contributed by atoms with Gasteiger partial charge in [-0.25, -0.2) is 0 Å². The Balaban J connectivity index is 1.60. The van der Waals surface area contributed by atoms with Crippen molar-refractivity contribution in [3.05, 3.63) is 23.8 Å². The van der Waals surface area contributed by atoms with Gasteiger partial charge in [-0.05, 0) is 49.9 Å². The third kappa shape index (κ3) is 3.03. The number of ether oxygens (including phenoxy) is 2. The molecule has 19 heavy (non-hydrogen) atoms. The first kappa shape index (κ1) is 12.8. The van der Waals surface area contributed by atoms with E-state index in [2.05, 4.69) is 24.4 Å². The zero-order valence-corrected chi connectivity index (χ0v) is 11.7. The molecule has 3 rings (SSSR count). The van der Waals surface area contributed by atoms with Crippen LogP contribution in [0.25, 0.3) is 0 Å². The maximum atomic E-state index is 5.64. The van der Waals surface area contributed by atoms with Gasteiger partial charge in [0, 0.05) is 6.04 Å². The van der Waals surface area contributed by atoms with Crippen LogP contribution in [0.4, 0.5) is 0 Å². The summed E-state index contributed by atoms with van der Waals surface area (Å²) in [6.45, 7) is 4.66. The average molecular weight is 261 g/mol. The van der Waals surface area contributed by atoms with E-state index in [0.717, 1.165) is 24.0 Å². The highest BCUT2D eigenvalue weighted by Crippen LogP contribution is 2.32. The predicted octanol–water partition coefficient (Wildman–Crippen LogP) is 3.30. The first-order chi connectivity index (χ1) is 9.33. The molecule has 0 saturated heterocycles. The Morgan fingerprint density at radius 2 is 1.89 bits per heavy atom. The van der Waals surface area contributed by atoms with Crippen LogP contribution in [-0.2, 0) is 0 Å². The molecule has 1 aromatic rings. The molecule has 104 valence electrons. The molecule has 1 heterocycles. The molecule has 0 aromatic heterocycles. The van der Waals surface area contributed by atoms with Crippen LogP contribution in [-0.4, -0.2) is 19.8 Å². The molecule has 1 aliphatic heterocycles. The molecule has 0 bridgehead atoms. The van der Waals surface area contributed by atoms with E-state index in [-0.39, 0.29) is 0 Å². The highest BCUT2D eigenvalue weighted by molar-refractivity contribution is 5.44. The fraction of sp³-hybridized carbons (Fsp3) is 0.625. The van der Waals surface area contributed by atoms with Crippen LogP contribution in [0.1, 0.15) is 44.2 Å². The van der Waals surface area contributed by atoms with Crippen LogP contribution >= 0.6 is 0 Å². The normalized spacial score (nSPS) is 20.5. The number of hydrogen-bond donors (Lipinski definition) is 1. The van der Waals surface area contributed by atoms with Gasteiger partial charge in [0.15, 0.2) is 11.5 Å². The predicted molar refractivity (Wildman–Crippen MR) is 75.8 cm³/mol.